The molecular formula is C27H23N3O5S2. The highest BCUT2D eigenvalue weighted by Gasteiger charge is 2.30. The second kappa shape index (κ2) is 9.53. The highest BCUT2D eigenvalue weighted by molar-refractivity contribution is 7.23. The normalized spacial score (nSPS) is 13.1. The molecule has 10 heteroatoms. The Kier molecular flexibility index (Phi) is 6.05. The fourth-order valence-electron chi connectivity index (χ4n) is 4.54. The number of fused-ring (bicyclic) bond motifs is 3. The molecule has 8 nitrogen and oxygen atoms in total. The number of nitrogens with zero attached hydrogens (tertiary/aromatic N) is 2. The number of anilines is 1. The Morgan fingerprint density at radius 1 is 1.16 bits per heavy atom. The minimum atomic E-state index is -0.360. The van der Waals surface area contributed by atoms with Crippen molar-refractivity contribution < 1.29 is 23.5 Å². The van der Waals surface area contributed by atoms with Crippen LogP contribution in [0.4, 0.5) is 9.80 Å². The molecule has 1 N–H and O–H groups in total. The number of ether oxygens (including phenoxy) is 2. The lowest BCUT2D eigenvalue weighted by Gasteiger charge is -2.26. The lowest BCUT2D eigenvalue weighted by atomic mass is 10.0. The second-order valence-corrected chi connectivity index (χ2v) is 10.6. The van der Waals surface area contributed by atoms with Gasteiger partial charge in [-0.1, -0.05) is 24.3 Å². The van der Waals surface area contributed by atoms with Crippen molar-refractivity contribution in [3.05, 3.63) is 64.7 Å². The van der Waals surface area contributed by atoms with Crippen molar-refractivity contribution in [2.24, 2.45) is 0 Å². The third-order valence-electron chi connectivity index (χ3n) is 6.27. The van der Waals surface area contributed by atoms with Crippen LogP contribution in [0.3, 0.4) is 0 Å². The molecule has 4 heterocycles. The third-order valence-corrected chi connectivity index (χ3v) is 8.46. The summed E-state index contributed by atoms with van der Waals surface area (Å²) >= 11 is 3.05. The Morgan fingerprint density at radius 2 is 2.03 bits per heavy atom. The van der Waals surface area contributed by atoms with Gasteiger partial charge in [0.15, 0.2) is 17.1 Å². The van der Waals surface area contributed by atoms with Crippen molar-refractivity contribution in [1.29, 1.82) is 0 Å². The van der Waals surface area contributed by atoms with Gasteiger partial charge in [0.1, 0.15) is 10.0 Å². The number of hydrogen-bond acceptors (Lipinski definition) is 8. The molecule has 5 aromatic rings. The monoisotopic (exact) mass is 533 g/mol. The van der Waals surface area contributed by atoms with Gasteiger partial charge in [0.2, 0.25) is 0 Å². The summed E-state index contributed by atoms with van der Waals surface area (Å²) in [4.78, 5) is 33.3. The van der Waals surface area contributed by atoms with E-state index in [-0.39, 0.29) is 17.8 Å². The van der Waals surface area contributed by atoms with Crippen molar-refractivity contribution in [2.75, 3.05) is 25.6 Å². The van der Waals surface area contributed by atoms with E-state index in [9.17, 15) is 9.59 Å². The third kappa shape index (κ3) is 4.21. The molecule has 0 saturated carbocycles. The fourth-order valence-corrected chi connectivity index (χ4v) is 6.91. The molecule has 3 aromatic heterocycles. The van der Waals surface area contributed by atoms with E-state index < -0.39 is 0 Å². The van der Waals surface area contributed by atoms with Gasteiger partial charge in [-0.25, -0.2) is 9.78 Å². The van der Waals surface area contributed by atoms with Crippen molar-refractivity contribution in [1.82, 2.24) is 9.88 Å². The molecule has 2 aromatic carbocycles. The molecule has 0 aliphatic carbocycles. The summed E-state index contributed by atoms with van der Waals surface area (Å²) in [7, 11) is 1.57. The van der Waals surface area contributed by atoms with Crippen LogP contribution in [-0.4, -0.2) is 42.1 Å². The Morgan fingerprint density at radius 3 is 2.84 bits per heavy atom. The van der Waals surface area contributed by atoms with E-state index in [1.54, 1.807) is 42.4 Å². The Balaban J connectivity index is 1.40. The molecule has 0 radical (unpaired) electrons. The second-order valence-electron chi connectivity index (χ2n) is 8.51. The van der Waals surface area contributed by atoms with Gasteiger partial charge in [0.25, 0.3) is 5.91 Å². The van der Waals surface area contributed by atoms with Crippen LogP contribution in [0.5, 0.6) is 5.75 Å². The number of thiazole rings is 1. The number of para-hydroxylation sites is 2. The number of aromatic nitrogens is 1. The molecule has 37 heavy (non-hydrogen) atoms. The number of amides is 2. The van der Waals surface area contributed by atoms with Crippen LogP contribution >= 0.6 is 22.7 Å². The highest BCUT2D eigenvalue weighted by atomic mass is 32.1. The van der Waals surface area contributed by atoms with Crippen LogP contribution < -0.4 is 10.1 Å². The molecule has 2 amide bonds. The Bertz CT molecular complexity index is 1620. The van der Waals surface area contributed by atoms with Crippen LogP contribution in [0.1, 0.15) is 27.9 Å². The standard InChI is InChI=1S/C27H23N3O5S2/c1-3-34-27(32)30-12-11-16-21(14-30)37-26(22(16)25-28-17-8-4-5-10-20(17)36-25)29-24(31)19-13-15-7-6-9-18(33-2)23(15)35-19/h4-10,13H,3,11-12,14H2,1-2H3,(H,29,31). The maximum Gasteiger partial charge on any atom is 0.410 e. The smallest absolute Gasteiger partial charge is 0.410 e. The molecule has 0 atom stereocenters. The molecule has 1 aliphatic rings. The van der Waals surface area contributed by atoms with E-state index in [1.807, 2.05) is 36.4 Å². The lowest BCUT2D eigenvalue weighted by Crippen LogP contribution is -2.35. The quantitative estimate of drug-likeness (QED) is 0.275. The zero-order valence-electron chi connectivity index (χ0n) is 20.2. The summed E-state index contributed by atoms with van der Waals surface area (Å²) < 4.78 is 17.5. The fraction of sp³-hybridized carbons (Fsp3) is 0.222. The van der Waals surface area contributed by atoms with Gasteiger partial charge >= 0.3 is 6.09 Å². The Hall–Kier alpha value is -3.89. The van der Waals surface area contributed by atoms with Crippen LogP contribution in [0.25, 0.3) is 31.8 Å². The van der Waals surface area contributed by atoms with Crippen LogP contribution in [-0.2, 0) is 17.7 Å². The minimum absolute atomic E-state index is 0.189. The lowest BCUT2D eigenvalue weighted by molar-refractivity contribution is 0.0997. The zero-order chi connectivity index (χ0) is 25.5. The average molecular weight is 534 g/mol. The first-order chi connectivity index (χ1) is 18.1. The average Bonchev–Trinajstić information content (AvgIpc) is 3.62. The molecule has 1 aliphatic heterocycles. The van der Waals surface area contributed by atoms with Gasteiger partial charge in [-0.15, -0.1) is 22.7 Å². The molecule has 0 bridgehead atoms. The Labute approximate surface area is 220 Å². The van der Waals surface area contributed by atoms with Gasteiger partial charge in [-0.3, -0.25) is 4.79 Å². The number of furan rings is 1. The van der Waals surface area contributed by atoms with E-state index >= 15 is 0 Å². The molecule has 6 rings (SSSR count). The molecule has 0 unspecified atom stereocenters. The van der Waals surface area contributed by atoms with Crippen molar-refractivity contribution in [2.45, 2.75) is 19.9 Å². The maximum atomic E-state index is 13.4. The number of rotatable bonds is 5. The van der Waals surface area contributed by atoms with Gasteiger partial charge in [0, 0.05) is 22.4 Å². The van der Waals surface area contributed by atoms with Gasteiger partial charge in [-0.2, -0.15) is 0 Å². The zero-order valence-corrected chi connectivity index (χ0v) is 21.8. The maximum absolute atomic E-state index is 13.4. The summed E-state index contributed by atoms with van der Waals surface area (Å²) in [6.45, 7) is 3.09. The van der Waals surface area contributed by atoms with Crippen LogP contribution in [0.2, 0.25) is 0 Å². The van der Waals surface area contributed by atoms with Gasteiger partial charge in [-0.05, 0) is 43.2 Å². The van der Waals surface area contributed by atoms with Crippen molar-refractivity contribution in [3.8, 4) is 16.3 Å². The largest absolute Gasteiger partial charge is 0.493 e. The number of methoxy groups -OCH3 is 1. The van der Waals surface area contributed by atoms with Gasteiger partial charge in [0.05, 0.1) is 30.5 Å². The number of hydrogen-bond donors (Lipinski definition) is 1. The molecule has 0 fully saturated rings. The van der Waals surface area contributed by atoms with Gasteiger partial charge < -0.3 is 24.1 Å². The summed E-state index contributed by atoms with van der Waals surface area (Å²) in [5.74, 6) is 0.396. The van der Waals surface area contributed by atoms with E-state index in [0.717, 1.165) is 36.6 Å². The predicted octanol–water partition coefficient (Wildman–Crippen LogP) is 6.55. The molecule has 0 saturated heterocycles. The summed E-state index contributed by atoms with van der Waals surface area (Å²) in [6, 6.07) is 15.2. The molecule has 188 valence electrons. The SMILES string of the molecule is CCOC(=O)N1CCc2c(sc(NC(=O)c3cc4cccc(OC)c4o3)c2-c2nc3ccccc3s2)C1. The molecule has 0 spiro atoms. The number of benzene rings is 2. The summed E-state index contributed by atoms with van der Waals surface area (Å²) in [5.41, 5.74) is 3.45. The van der Waals surface area contributed by atoms with E-state index in [1.165, 1.54) is 11.3 Å². The van der Waals surface area contributed by atoms with E-state index in [2.05, 4.69) is 5.32 Å². The first-order valence-corrected chi connectivity index (χ1v) is 13.5. The first-order valence-electron chi connectivity index (χ1n) is 11.9. The summed E-state index contributed by atoms with van der Waals surface area (Å²) in [6.07, 6.45) is 0.318. The minimum Gasteiger partial charge on any atom is -0.493 e. The molecular weight excluding hydrogens is 510 g/mol. The highest BCUT2D eigenvalue weighted by Crippen LogP contribution is 2.46. The number of nitrogens with one attached hydrogen (secondary N) is 1. The topological polar surface area (TPSA) is 93.9 Å². The number of thiophene rings is 1. The van der Waals surface area contributed by atoms with Crippen LogP contribution in [0, 0.1) is 0 Å². The predicted molar refractivity (Wildman–Crippen MR) is 145 cm³/mol. The van der Waals surface area contributed by atoms with E-state index in [4.69, 9.17) is 18.9 Å². The van der Waals surface area contributed by atoms with Crippen molar-refractivity contribution >= 4 is 60.9 Å². The summed E-state index contributed by atoms with van der Waals surface area (Å²) in [5, 5.41) is 5.38. The number of carbonyl (C=O) groups excluding carboxylic acids is 2. The van der Waals surface area contributed by atoms with Crippen LogP contribution in [0.15, 0.2) is 52.9 Å². The van der Waals surface area contributed by atoms with Crippen molar-refractivity contribution in [3.63, 3.8) is 0 Å². The van der Waals surface area contributed by atoms with E-state index in [0.29, 0.717) is 42.5 Å². The number of carbonyl (C=O) groups is 2. The first kappa shape index (κ1) is 23.5.